The van der Waals surface area contributed by atoms with Gasteiger partial charge in [0.1, 0.15) is 0 Å². The number of hydrogen-bond acceptors (Lipinski definition) is 6. The summed E-state index contributed by atoms with van der Waals surface area (Å²) in [5.74, 6) is -0.636. The van der Waals surface area contributed by atoms with Crippen molar-refractivity contribution in [2.45, 2.75) is 17.9 Å². The van der Waals surface area contributed by atoms with Crippen LogP contribution in [-0.4, -0.2) is 33.7 Å². The molecule has 6 nitrogen and oxygen atoms in total. The highest BCUT2D eigenvalue weighted by Gasteiger charge is 2.18. The summed E-state index contributed by atoms with van der Waals surface area (Å²) in [7, 11) is 0. The quantitative estimate of drug-likeness (QED) is 0.532. The Kier molecular flexibility index (Phi) is 5.80. The highest BCUT2D eigenvalue weighted by molar-refractivity contribution is 8.00. The van der Waals surface area contributed by atoms with Gasteiger partial charge in [0.15, 0.2) is 6.10 Å². The number of hydrogen-bond donors (Lipinski definition) is 1. The number of nitrogens with one attached hydrogen (secondary N) is 1. The van der Waals surface area contributed by atoms with E-state index in [0.29, 0.717) is 0 Å². The standard InChI is InChI=1S/C19H17N3O3S/c1-13(18(24)22-19-20-9-4-10-21-19)25-17(23)12-26-16-8-7-14-5-2-3-6-15(14)11-16/h2-11,13H,12H2,1H3,(H,20,21,22,24). The minimum atomic E-state index is -0.927. The molecule has 0 fully saturated rings. The predicted octanol–water partition coefficient (Wildman–Crippen LogP) is 3.29. The van der Waals surface area contributed by atoms with Crippen molar-refractivity contribution in [1.29, 1.82) is 0 Å². The second kappa shape index (κ2) is 8.44. The van der Waals surface area contributed by atoms with Crippen LogP contribution < -0.4 is 5.32 Å². The average molecular weight is 367 g/mol. The topological polar surface area (TPSA) is 81.2 Å². The Morgan fingerprint density at radius 1 is 1.08 bits per heavy atom. The summed E-state index contributed by atoms with van der Waals surface area (Å²) < 4.78 is 5.17. The maximum absolute atomic E-state index is 12.0. The molecule has 1 amide bonds. The third-order valence-electron chi connectivity index (χ3n) is 3.56. The number of fused-ring (bicyclic) bond motifs is 1. The number of amides is 1. The summed E-state index contributed by atoms with van der Waals surface area (Å²) in [5, 5.41) is 4.75. The first-order valence-corrected chi connectivity index (χ1v) is 8.99. The van der Waals surface area contributed by atoms with Crippen molar-refractivity contribution in [3.63, 3.8) is 0 Å². The van der Waals surface area contributed by atoms with Crippen LogP contribution in [0.15, 0.2) is 65.8 Å². The molecule has 1 aromatic heterocycles. The monoisotopic (exact) mass is 367 g/mol. The van der Waals surface area contributed by atoms with Gasteiger partial charge in [-0.25, -0.2) is 9.97 Å². The first kappa shape index (κ1) is 17.9. The fraction of sp³-hybridized carbons (Fsp3) is 0.158. The molecule has 26 heavy (non-hydrogen) atoms. The molecule has 0 saturated heterocycles. The van der Waals surface area contributed by atoms with Gasteiger partial charge in [0.25, 0.3) is 5.91 Å². The number of carbonyl (C=O) groups is 2. The van der Waals surface area contributed by atoms with Crippen LogP contribution in [0.4, 0.5) is 5.95 Å². The molecular formula is C19H17N3O3S. The summed E-state index contributed by atoms with van der Waals surface area (Å²) in [6.45, 7) is 1.51. The van der Waals surface area contributed by atoms with Gasteiger partial charge in [-0.2, -0.15) is 0 Å². The minimum absolute atomic E-state index is 0.123. The van der Waals surface area contributed by atoms with Crippen molar-refractivity contribution in [1.82, 2.24) is 9.97 Å². The number of ether oxygens (including phenoxy) is 1. The van der Waals surface area contributed by atoms with Crippen molar-refractivity contribution in [2.75, 3.05) is 11.1 Å². The second-order valence-corrected chi connectivity index (χ2v) is 6.54. The van der Waals surface area contributed by atoms with E-state index in [9.17, 15) is 9.59 Å². The van der Waals surface area contributed by atoms with E-state index in [0.717, 1.165) is 15.7 Å². The number of rotatable bonds is 6. The lowest BCUT2D eigenvalue weighted by atomic mass is 10.1. The van der Waals surface area contributed by atoms with Gasteiger partial charge in [0.2, 0.25) is 5.95 Å². The molecule has 0 aliphatic rings. The first-order valence-electron chi connectivity index (χ1n) is 8.01. The normalized spacial score (nSPS) is 11.7. The third kappa shape index (κ3) is 4.80. The zero-order chi connectivity index (χ0) is 18.4. The van der Waals surface area contributed by atoms with E-state index in [2.05, 4.69) is 15.3 Å². The summed E-state index contributed by atoms with van der Waals surface area (Å²) >= 11 is 1.37. The molecular weight excluding hydrogens is 350 g/mol. The van der Waals surface area contributed by atoms with Gasteiger partial charge in [0, 0.05) is 17.3 Å². The molecule has 0 aliphatic heterocycles. The molecule has 1 N–H and O–H groups in total. The molecule has 0 bridgehead atoms. The van der Waals surface area contributed by atoms with Crippen LogP contribution in [0.1, 0.15) is 6.92 Å². The van der Waals surface area contributed by atoms with Crippen LogP contribution in [0.25, 0.3) is 10.8 Å². The average Bonchev–Trinajstić information content (AvgIpc) is 2.67. The molecule has 3 aromatic rings. The van der Waals surface area contributed by atoms with Crippen molar-refractivity contribution in [3.8, 4) is 0 Å². The molecule has 0 spiro atoms. The number of thioether (sulfide) groups is 1. The van der Waals surface area contributed by atoms with E-state index in [1.165, 1.54) is 31.1 Å². The van der Waals surface area contributed by atoms with Crippen LogP contribution in [0, 0.1) is 0 Å². The smallest absolute Gasteiger partial charge is 0.317 e. The molecule has 0 radical (unpaired) electrons. The summed E-state index contributed by atoms with van der Waals surface area (Å²) in [6, 6.07) is 15.7. The third-order valence-corrected chi connectivity index (χ3v) is 4.52. The fourth-order valence-electron chi connectivity index (χ4n) is 2.26. The highest BCUT2D eigenvalue weighted by Crippen LogP contribution is 2.23. The largest absolute Gasteiger partial charge is 0.452 e. The number of anilines is 1. The molecule has 2 aromatic carbocycles. The van der Waals surface area contributed by atoms with Gasteiger partial charge >= 0.3 is 5.97 Å². The lowest BCUT2D eigenvalue weighted by Gasteiger charge is -2.12. The van der Waals surface area contributed by atoms with E-state index in [1.54, 1.807) is 6.07 Å². The molecule has 1 heterocycles. The van der Waals surface area contributed by atoms with Gasteiger partial charge in [-0.15, -0.1) is 11.8 Å². The summed E-state index contributed by atoms with van der Waals surface area (Å²) in [6.07, 6.45) is 2.10. The Bertz CT molecular complexity index is 918. The number of aromatic nitrogens is 2. The van der Waals surface area contributed by atoms with E-state index in [-0.39, 0.29) is 11.7 Å². The first-order chi connectivity index (χ1) is 12.6. The van der Waals surface area contributed by atoms with Crippen LogP contribution in [0.5, 0.6) is 0 Å². The number of carbonyl (C=O) groups excluding carboxylic acids is 2. The molecule has 3 rings (SSSR count). The number of nitrogens with zero attached hydrogens (tertiary/aromatic N) is 2. The fourth-order valence-corrected chi connectivity index (χ4v) is 2.99. The van der Waals surface area contributed by atoms with Gasteiger partial charge in [0.05, 0.1) is 5.75 Å². The predicted molar refractivity (Wildman–Crippen MR) is 101 cm³/mol. The van der Waals surface area contributed by atoms with Gasteiger partial charge in [-0.3, -0.25) is 14.9 Å². The summed E-state index contributed by atoms with van der Waals surface area (Å²) in [4.78, 5) is 32.7. The molecule has 1 atom stereocenters. The lowest BCUT2D eigenvalue weighted by Crippen LogP contribution is -2.31. The van der Waals surface area contributed by atoms with Crippen molar-refractivity contribution in [2.24, 2.45) is 0 Å². The maximum Gasteiger partial charge on any atom is 0.317 e. The van der Waals surface area contributed by atoms with Crippen molar-refractivity contribution < 1.29 is 14.3 Å². The zero-order valence-corrected chi connectivity index (χ0v) is 14.9. The number of esters is 1. The summed E-state index contributed by atoms with van der Waals surface area (Å²) in [5.41, 5.74) is 0. The van der Waals surface area contributed by atoms with E-state index >= 15 is 0 Å². The Morgan fingerprint density at radius 2 is 1.81 bits per heavy atom. The Labute approximate surface area is 155 Å². The van der Waals surface area contributed by atoms with Crippen molar-refractivity contribution in [3.05, 3.63) is 60.9 Å². The molecule has 0 aliphatic carbocycles. The molecule has 1 unspecified atom stereocenters. The zero-order valence-electron chi connectivity index (χ0n) is 14.1. The molecule has 0 saturated carbocycles. The Morgan fingerprint density at radius 3 is 2.58 bits per heavy atom. The Hall–Kier alpha value is -2.93. The minimum Gasteiger partial charge on any atom is -0.452 e. The van der Waals surface area contributed by atoms with E-state index < -0.39 is 18.0 Å². The SMILES string of the molecule is CC(OC(=O)CSc1ccc2ccccc2c1)C(=O)Nc1ncccn1. The van der Waals surface area contributed by atoms with Gasteiger partial charge in [-0.1, -0.05) is 30.3 Å². The molecule has 132 valence electrons. The van der Waals surface area contributed by atoms with Gasteiger partial charge in [-0.05, 0) is 35.9 Å². The van der Waals surface area contributed by atoms with E-state index in [1.807, 2.05) is 42.5 Å². The van der Waals surface area contributed by atoms with Crippen LogP contribution in [0.2, 0.25) is 0 Å². The highest BCUT2D eigenvalue weighted by atomic mass is 32.2. The van der Waals surface area contributed by atoms with Gasteiger partial charge < -0.3 is 4.74 Å². The van der Waals surface area contributed by atoms with Crippen molar-refractivity contribution >= 4 is 40.4 Å². The Balaban J connectivity index is 1.50. The lowest BCUT2D eigenvalue weighted by molar-refractivity contribution is -0.150. The second-order valence-electron chi connectivity index (χ2n) is 5.49. The molecule has 7 heteroatoms. The van der Waals surface area contributed by atoms with Crippen LogP contribution in [0.3, 0.4) is 0 Å². The van der Waals surface area contributed by atoms with E-state index in [4.69, 9.17) is 4.74 Å². The number of benzene rings is 2. The van der Waals surface area contributed by atoms with Crippen LogP contribution >= 0.6 is 11.8 Å². The van der Waals surface area contributed by atoms with Crippen LogP contribution in [-0.2, 0) is 14.3 Å². The maximum atomic E-state index is 12.0.